The molecule has 4 N–H and O–H groups in total. The van der Waals surface area contributed by atoms with Crippen molar-refractivity contribution in [1.82, 2.24) is 0 Å². The van der Waals surface area contributed by atoms with Crippen LogP contribution in [0.2, 0.25) is 0 Å². The Balaban J connectivity index is -0.0000000417. The van der Waals surface area contributed by atoms with Crippen molar-refractivity contribution < 1.29 is 56.1 Å². The molecule has 0 heterocycles. The van der Waals surface area contributed by atoms with Crippen LogP contribution in [0.3, 0.4) is 0 Å². The zero-order chi connectivity index (χ0) is 5.15. The van der Waals surface area contributed by atoms with Crippen LogP contribution < -0.4 is 0 Å². The third-order valence-electron chi connectivity index (χ3n) is 0.357. The Bertz CT molecular complexity index is 66.8. The fraction of sp³-hybridized carbons (Fsp3) is 0.667. The van der Waals surface area contributed by atoms with E-state index in [9.17, 15) is 4.79 Å². The summed E-state index contributed by atoms with van der Waals surface area (Å²) >= 11 is 0. The van der Waals surface area contributed by atoms with Crippen LogP contribution >= 0.6 is 9.90 Å². The number of aliphatic hydroxyl groups is 1. The maximum Gasteiger partial charge on any atom is 0.332 e. The first-order valence-electron chi connectivity index (χ1n) is 1.55. The van der Waals surface area contributed by atoms with Crippen LogP contribution in [0.15, 0.2) is 0 Å². The summed E-state index contributed by atoms with van der Waals surface area (Å²) in [6.45, 7) is 1.20. The number of hydrogen-bond donors (Lipinski definition) is 2. The van der Waals surface area contributed by atoms with Crippen molar-refractivity contribution >= 4 is 15.9 Å². The molecule has 1 radical (unpaired) electrons. The summed E-state index contributed by atoms with van der Waals surface area (Å²) in [5.74, 6) is -1.19. The van der Waals surface area contributed by atoms with E-state index in [1.807, 2.05) is 0 Å². The average Bonchev–Trinajstić information content (AvgIpc) is 1.36. The van der Waals surface area contributed by atoms with E-state index in [1.165, 1.54) is 6.92 Å². The summed E-state index contributed by atoms with van der Waals surface area (Å²) in [4.78, 5) is 9.45. The Kier molecular flexibility index (Phi) is 29.4. The van der Waals surface area contributed by atoms with Gasteiger partial charge in [0.1, 0.15) is 6.10 Å². The monoisotopic (exact) mass is 281 g/mol. The molecule has 0 bridgehead atoms. The number of hydrogen-bond acceptors (Lipinski definition) is 2. The van der Waals surface area contributed by atoms with E-state index in [4.69, 9.17) is 10.2 Å². The molecule has 2 unspecified atom stereocenters. The minimum atomic E-state index is -1.23. The molecular weight excluding hydrogens is 270 g/mol. The van der Waals surface area contributed by atoms with E-state index in [0.717, 1.165) is 0 Å². The second-order valence-electron chi connectivity index (χ2n) is 1.01. The number of aliphatic hydroxyl groups excluding tert-OH is 1. The number of carboxylic acids is 1. The van der Waals surface area contributed by atoms with Crippen LogP contribution in [0.1, 0.15) is 6.92 Å². The van der Waals surface area contributed by atoms with Crippen LogP contribution in [0, 0.1) is 35.6 Å². The van der Waals surface area contributed by atoms with Crippen LogP contribution in [0.5, 0.6) is 0 Å². The van der Waals surface area contributed by atoms with Crippen molar-refractivity contribution in [3.8, 4) is 0 Å². The van der Waals surface area contributed by atoms with Gasteiger partial charge in [-0.1, -0.05) is 0 Å². The van der Waals surface area contributed by atoms with Gasteiger partial charge in [0.25, 0.3) is 0 Å². The molecule has 55 valence electrons. The molecule has 6 heteroatoms. The van der Waals surface area contributed by atoms with Crippen molar-refractivity contribution in [3.05, 3.63) is 0 Å². The van der Waals surface area contributed by atoms with Gasteiger partial charge in [0, 0.05) is 35.6 Å². The van der Waals surface area contributed by atoms with Crippen LogP contribution in [0.4, 0.5) is 0 Å². The first-order valence-corrected chi connectivity index (χ1v) is 1.55. The van der Waals surface area contributed by atoms with Gasteiger partial charge in [-0.25, -0.2) is 4.79 Å². The summed E-state index contributed by atoms with van der Waals surface area (Å²) < 4.78 is 0. The Morgan fingerprint density at radius 1 is 1.56 bits per heavy atom. The molecule has 4 nitrogen and oxygen atoms in total. The van der Waals surface area contributed by atoms with E-state index >= 15 is 0 Å². The van der Waals surface area contributed by atoms with E-state index in [1.54, 1.807) is 0 Å². The number of carbonyl (C=O) groups is 1. The van der Waals surface area contributed by atoms with Gasteiger partial charge >= 0.3 is 5.97 Å². The van der Waals surface area contributed by atoms with Gasteiger partial charge in [0.05, 0.1) is 0 Å². The summed E-state index contributed by atoms with van der Waals surface area (Å²) in [6, 6.07) is 0. The van der Waals surface area contributed by atoms with Crippen molar-refractivity contribution in [3.63, 3.8) is 0 Å². The van der Waals surface area contributed by atoms with Gasteiger partial charge in [-0.3, -0.25) is 0 Å². The summed E-state index contributed by atoms with van der Waals surface area (Å²) in [7, 11) is 0. The topological polar surface area (TPSA) is 89.0 Å². The smallest absolute Gasteiger partial charge is 0.332 e. The second kappa shape index (κ2) is 11.8. The van der Waals surface area contributed by atoms with Gasteiger partial charge in [0.2, 0.25) is 0 Å². The molecule has 0 aliphatic carbocycles. The van der Waals surface area contributed by atoms with Crippen LogP contribution in [-0.4, -0.2) is 27.8 Å². The van der Waals surface area contributed by atoms with E-state index < -0.39 is 12.1 Å². The Morgan fingerprint density at radius 2 is 1.67 bits per heavy atom. The van der Waals surface area contributed by atoms with Crippen molar-refractivity contribution in [1.29, 1.82) is 0 Å². The maximum atomic E-state index is 9.45. The van der Waals surface area contributed by atoms with Gasteiger partial charge in [0.15, 0.2) is 0 Å². The van der Waals surface area contributed by atoms with E-state index in [2.05, 4.69) is 0 Å². The Hall–Kier alpha value is 1.01. The van der Waals surface area contributed by atoms with E-state index in [0.29, 0.717) is 0 Å². The molecule has 0 amide bonds. The van der Waals surface area contributed by atoms with Crippen LogP contribution in [0.25, 0.3) is 0 Å². The largest absolute Gasteiger partial charge is 0.479 e. The molecule has 0 aromatic carbocycles. The Labute approximate surface area is 84.6 Å². The fourth-order valence-electron chi connectivity index (χ4n) is 0. The molecule has 2 atom stereocenters. The molecule has 0 aromatic heterocycles. The van der Waals surface area contributed by atoms with Gasteiger partial charge in [-0.15, -0.1) is 0 Å². The summed E-state index contributed by atoms with van der Waals surface area (Å²) in [6.07, 6.45) is -1.23. The molecule has 0 rings (SSSR count). The molecule has 0 aliphatic rings. The summed E-state index contributed by atoms with van der Waals surface area (Å²) in [5, 5.41) is 15.8. The quantitative estimate of drug-likeness (QED) is 0.584. The van der Waals surface area contributed by atoms with Crippen molar-refractivity contribution in [2.24, 2.45) is 0 Å². The molecule has 0 spiro atoms. The molecule has 0 aliphatic heterocycles. The predicted octanol–water partition coefficient (Wildman–Crippen LogP) is -1.31. The van der Waals surface area contributed by atoms with Gasteiger partial charge in [-0.05, 0) is 6.92 Å². The molecule has 9 heavy (non-hydrogen) atoms. The second-order valence-corrected chi connectivity index (χ2v) is 1.01. The van der Waals surface area contributed by atoms with E-state index in [-0.39, 0.29) is 51.0 Å². The number of rotatable bonds is 1. The average molecular weight is 281 g/mol. The van der Waals surface area contributed by atoms with Crippen molar-refractivity contribution in [2.75, 3.05) is 0 Å². The number of carboxylic acid groups (broad SMARTS) is 1. The fourth-order valence-corrected chi connectivity index (χ4v) is 0. The minimum Gasteiger partial charge on any atom is -0.479 e. The zero-order valence-electron chi connectivity index (χ0n) is 5.16. The van der Waals surface area contributed by atoms with Crippen LogP contribution in [-0.2, 0) is 4.79 Å². The predicted molar refractivity (Wildman–Crippen MR) is 34.0 cm³/mol. The molecule has 0 aromatic rings. The summed E-state index contributed by atoms with van der Waals surface area (Å²) in [5.41, 5.74) is 0. The SMILES string of the molecule is CC(O)C(=O)O.O.P.[La]. The number of aliphatic carboxylic acids is 1. The minimum absolute atomic E-state index is 0. The first kappa shape index (κ1) is 22.5. The molecule has 0 saturated carbocycles. The molecule has 0 saturated heterocycles. The normalized spacial score (nSPS) is 9.11. The van der Waals surface area contributed by atoms with Crippen molar-refractivity contribution in [2.45, 2.75) is 13.0 Å². The molecular formula is C3H11LaO4P. The molecule has 0 fully saturated rings. The zero-order valence-corrected chi connectivity index (χ0v) is 10.2. The first-order chi connectivity index (χ1) is 2.64. The standard InChI is InChI=1S/C3H6O3.La.H2O.H3P/c1-2(4)3(5)6;;;/h2,4H,1H3,(H,5,6);;1H2;1H3. The Morgan fingerprint density at radius 3 is 1.67 bits per heavy atom. The third kappa shape index (κ3) is 17.6. The van der Waals surface area contributed by atoms with Gasteiger partial charge < -0.3 is 15.7 Å². The maximum absolute atomic E-state index is 9.45. The van der Waals surface area contributed by atoms with Gasteiger partial charge in [-0.2, -0.15) is 9.90 Å². The third-order valence-corrected chi connectivity index (χ3v) is 0.357.